The lowest BCUT2D eigenvalue weighted by atomic mass is 9.89. The quantitative estimate of drug-likeness (QED) is 0.793. The Balaban J connectivity index is 2.11. The summed E-state index contributed by atoms with van der Waals surface area (Å²) in [4.78, 5) is 0. The van der Waals surface area contributed by atoms with Gasteiger partial charge in [0, 0.05) is 26.7 Å². The molecule has 0 radical (unpaired) electrons. The number of nitrogens with one attached hydrogen (secondary N) is 1. The van der Waals surface area contributed by atoms with Gasteiger partial charge in [0.05, 0.1) is 0 Å². The van der Waals surface area contributed by atoms with E-state index in [1.165, 1.54) is 4.31 Å². The molecule has 2 heterocycles. The van der Waals surface area contributed by atoms with E-state index < -0.39 is 10.2 Å². The first-order chi connectivity index (χ1) is 8.03. The fraction of sp³-hybridized carbons (Fsp3) is 1.00. The maximum absolute atomic E-state index is 12.2. The molecule has 5 nitrogen and oxygen atoms in total. The Morgan fingerprint density at radius 2 is 1.82 bits per heavy atom. The average molecular weight is 261 g/mol. The second-order valence-corrected chi connectivity index (χ2v) is 7.29. The molecule has 0 aromatic carbocycles. The zero-order valence-electron chi connectivity index (χ0n) is 10.7. The molecule has 0 aromatic rings. The topological polar surface area (TPSA) is 52.7 Å². The third-order valence-electron chi connectivity index (χ3n) is 3.93. The van der Waals surface area contributed by atoms with Gasteiger partial charge < -0.3 is 5.32 Å². The molecule has 2 aliphatic rings. The van der Waals surface area contributed by atoms with Gasteiger partial charge in [-0.05, 0) is 44.7 Å². The minimum atomic E-state index is -3.23. The highest BCUT2D eigenvalue weighted by atomic mass is 32.2. The summed E-state index contributed by atoms with van der Waals surface area (Å²) in [6, 6.07) is 0.226. The maximum Gasteiger partial charge on any atom is 0.281 e. The van der Waals surface area contributed by atoms with Crippen LogP contribution in [0.1, 0.15) is 25.7 Å². The molecule has 0 bridgehead atoms. The van der Waals surface area contributed by atoms with Crippen molar-refractivity contribution in [1.82, 2.24) is 13.9 Å². The molecule has 0 saturated carbocycles. The average Bonchev–Trinajstić information content (AvgIpc) is 2.79. The number of piperidine rings is 1. The van der Waals surface area contributed by atoms with Gasteiger partial charge in [-0.25, -0.2) is 0 Å². The van der Waals surface area contributed by atoms with Crippen molar-refractivity contribution in [3.63, 3.8) is 0 Å². The van der Waals surface area contributed by atoms with E-state index in [-0.39, 0.29) is 6.04 Å². The Morgan fingerprint density at radius 3 is 2.41 bits per heavy atom. The van der Waals surface area contributed by atoms with E-state index >= 15 is 0 Å². The third-order valence-corrected chi connectivity index (χ3v) is 5.90. The predicted octanol–water partition coefficient (Wildman–Crippen LogP) is 0.257. The van der Waals surface area contributed by atoms with Gasteiger partial charge in [-0.2, -0.15) is 17.0 Å². The number of hydrogen-bond donors (Lipinski definition) is 1. The number of hydrogen-bond acceptors (Lipinski definition) is 3. The van der Waals surface area contributed by atoms with Crippen LogP contribution >= 0.6 is 0 Å². The molecule has 1 N–H and O–H groups in total. The second kappa shape index (κ2) is 5.22. The predicted molar refractivity (Wildman–Crippen MR) is 67.9 cm³/mol. The molecule has 17 heavy (non-hydrogen) atoms. The zero-order chi connectivity index (χ0) is 12.5. The maximum atomic E-state index is 12.2. The molecule has 0 aromatic heterocycles. The first kappa shape index (κ1) is 13.3. The Bertz CT molecular complexity index is 350. The van der Waals surface area contributed by atoms with E-state index in [0.717, 1.165) is 38.8 Å². The zero-order valence-corrected chi connectivity index (χ0v) is 11.5. The molecule has 2 aliphatic heterocycles. The molecule has 2 rings (SSSR count). The first-order valence-corrected chi connectivity index (χ1v) is 7.83. The van der Waals surface area contributed by atoms with Gasteiger partial charge in [0.2, 0.25) is 0 Å². The van der Waals surface area contributed by atoms with Crippen LogP contribution in [0.25, 0.3) is 0 Å². The Hall–Kier alpha value is -0.170. The highest BCUT2D eigenvalue weighted by Gasteiger charge is 2.39. The summed E-state index contributed by atoms with van der Waals surface area (Å²) >= 11 is 0. The van der Waals surface area contributed by atoms with E-state index in [1.807, 2.05) is 0 Å². The highest BCUT2D eigenvalue weighted by Crippen LogP contribution is 2.31. The van der Waals surface area contributed by atoms with Crippen LogP contribution < -0.4 is 5.32 Å². The summed E-state index contributed by atoms with van der Waals surface area (Å²) in [7, 11) is 0.00752. The van der Waals surface area contributed by atoms with Gasteiger partial charge in [-0.15, -0.1) is 0 Å². The normalized spacial score (nSPS) is 29.0. The van der Waals surface area contributed by atoms with Gasteiger partial charge in [0.15, 0.2) is 0 Å². The summed E-state index contributed by atoms with van der Waals surface area (Å²) in [6.07, 6.45) is 4.23. The molecule has 2 saturated heterocycles. The van der Waals surface area contributed by atoms with Gasteiger partial charge in [-0.3, -0.25) is 0 Å². The minimum Gasteiger partial charge on any atom is -0.317 e. The van der Waals surface area contributed by atoms with Crippen LogP contribution in [-0.2, 0) is 10.2 Å². The van der Waals surface area contributed by atoms with Gasteiger partial charge in [-0.1, -0.05) is 0 Å². The smallest absolute Gasteiger partial charge is 0.281 e. The lowest BCUT2D eigenvalue weighted by molar-refractivity contribution is 0.228. The van der Waals surface area contributed by atoms with Gasteiger partial charge >= 0.3 is 0 Å². The highest BCUT2D eigenvalue weighted by molar-refractivity contribution is 7.86. The van der Waals surface area contributed by atoms with E-state index in [1.54, 1.807) is 18.4 Å². The van der Waals surface area contributed by atoms with E-state index in [4.69, 9.17) is 0 Å². The Labute approximate surface area is 104 Å². The molecule has 6 heteroatoms. The molecule has 100 valence electrons. The minimum absolute atomic E-state index is 0.226. The molecule has 0 spiro atoms. The molecule has 0 aliphatic carbocycles. The summed E-state index contributed by atoms with van der Waals surface area (Å²) in [6.45, 7) is 2.74. The molecule has 0 amide bonds. The summed E-state index contributed by atoms with van der Waals surface area (Å²) in [5.41, 5.74) is 0. The number of rotatable bonds is 3. The van der Waals surface area contributed by atoms with Crippen LogP contribution in [0.4, 0.5) is 0 Å². The van der Waals surface area contributed by atoms with Crippen molar-refractivity contribution in [3.8, 4) is 0 Å². The van der Waals surface area contributed by atoms with Crippen molar-refractivity contribution >= 4 is 10.2 Å². The molecule has 2 fully saturated rings. The van der Waals surface area contributed by atoms with Crippen molar-refractivity contribution in [2.75, 3.05) is 33.7 Å². The van der Waals surface area contributed by atoms with Crippen LogP contribution in [0.3, 0.4) is 0 Å². The Morgan fingerprint density at radius 1 is 1.18 bits per heavy atom. The van der Waals surface area contributed by atoms with Crippen LogP contribution in [0.15, 0.2) is 0 Å². The lowest BCUT2D eigenvalue weighted by Crippen LogP contribution is -2.47. The monoisotopic (exact) mass is 261 g/mol. The van der Waals surface area contributed by atoms with E-state index in [9.17, 15) is 8.42 Å². The molecule has 1 atom stereocenters. The first-order valence-electron chi connectivity index (χ1n) is 6.43. The van der Waals surface area contributed by atoms with E-state index in [0.29, 0.717) is 12.5 Å². The van der Waals surface area contributed by atoms with Crippen molar-refractivity contribution in [3.05, 3.63) is 0 Å². The largest absolute Gasteiger partial charge is 0.317 e. The van der Waals surface area contributed by atoms with Crippen LogP contribution in [0.2, 0.25) is 0 Å². The fourth-order valence-electron chi connectivity index (χ4n) is 2.96. The van der Waals surface area contributed by atoms with Gasteiger partial charge in [0.25, 0.3) is 10.2 Å². The molecular formula is C11H23N3O2S. The lowest BCUT2D eigenvalue weighted by Gasteiger charge is -2.34. The van der Waals surface area contributed by atoms with Gasteiger partial charge in [0.1, 0.15) is 0 Å². The standard InChI is InChI=1S/C11H23N3O2S/c1-13(2)17(15,16)14-9-3-4-11(14)10-5-7-12-8-6-10/h10-12H,3-9H2,1-2H3. The number of nitrogens with zero attached hydrogens (tertiary/aromatic N) is 2. The fourth-order valence-corrected chi connectivity index (χ4v) is 4.36. The van der Waals surface area contributed by atoms with Crippen molar-refractivity contribution in [2.24, 2.45) is 5.92 Å². The third kappa shape index (κ3) is 2.65. The summed E-state index contributed by atoms with van der Waals surface area (Å²) in [5.74, 6) is 0.536. The molecular weight excluding hydrogens is 238 g/mol. The van der Waals surface area contributed by atoms with Crippen molar-refractivity contribution < 1.29 is 8.42 Å². The second-order valence-electron chi connectivity index (χ2n) is 5.20. The van der Waals surface area contributed by atoms with Crippen molar-refractivity contribution in [1.29, 1.82) is 0 Å². The van der Waals surface area contributed by atoms with Crippen LogP contribution in [0, 0.1) is 5.92 Å². The van der Waals surface area contributed by atoms with Crippen molar-refractivity contribution in [2.45, 2.75) is 31.7 Å². The Kier molecular flexibility index (Phi) is 4.07. The summed E-state index contributed by atoms with van der Waals surface area (Å²) in [5, 5.41) is 3.34. The van der Waals surface area contributed by atoms with E-state index in [2.05, 4.69) is 5.32 Å². The SMILES string of the molecule is CN(C)S(=O)(=O)N1CCCC1C1CCNCC1. The van der Waals surface area contributed by atoms with Crippen LogP contribution in [-0.4, -0.2) is 56.8 Å². The molecule has 1 unspecified atom stereocenters. The van der Waals surface area contributed by atoms with Crippen LogP contribution in [0.5, 0.6) is 0 Å². The summed E-state index contributed by atoms with van der Waals surface area (Å²) < 4.78 is 27.5.